The Balaban J connectivity index is 1.78. The Labute approximate surface area is 145 Å². The molecule has 7 nitrogen and oxygen atoms in total. The third kappa shape index (κ3) is 3.88. The number of nitrogens with one attached hydrogen (secondary N) is 1. The van der Waals surface area contributed by atoms with Crippen molar-refractivity contribution >= 4 is 11.9 Å². The van der Waals surface area contributed by atoms with Crippen molar-refractivity contribution in [2.45, 2.75) is 25.8 Å². The molecule has 3 rings (SSSR count). The summed E-state index contributed by atoms with van der Waals surface area (Å²) in [6.07, 6.45) is 1.48. The molecule has 2 heterocycles. The van der Waals surface area contributed by atoms with Crippen LogP contribution in [-0.4, -0.2) is 41.2 Å². The molecular weight excluding hydrogens is 324 g/mol. The van der Waals surface area contributed by atoms with Crippen molar-refractivity contribution in [2.75, 3.05) is 13.2 Å². The fourth-order valence-electron chi connectivity index (χ4n) is 2.93. The van der Waals surface area contributed by atoms with E-state index in [0.29, 0.717) is 31.3 Å². The maximum Gasteiger partial charge on any atom is 0.326 e. The summed E-state index contributed by atoms with van der Waals surface area (Å²) in [4.78, 5) is 28.3. The number of aryl methyl sites for hydroxylation is 1. The van der Waals surface area contributed by atoms with Crippen LogP contribution < -0.4 is 5.32 Å². The highest BCUT2D eigenvalue weighted by Gasteiger charge is 2.32. The largest absolute Gasteiger partial charge is 0.480 e. The summed E-state index contributed by atoms with van der Waals surface area (Å²) >= 11 is 0. The second kappa shape index (κ2) is 7.48. The summed E-state index contributed by atoms with van der Waals surface area (Å²) in [6, 6.07) is 8.20. The van der Waals surface area contributed by atoms with Crippen LogP contribution in [0.2, 0.25) is 0 Å². The number of ether oxygens (including phenoxy) is 1. The number of rotatable bonds is 5. The molecule has 2 N–H and O–H groups in total. The lowest BCUT2D eigenvalue weighted by Gasteiger charge is -2.27. The topological polar surface area (TPSA) is 102 Å². The molecule has 1 aliphatic rings. The van der Waals surface area contributed by atoms with Crippen molar-refractivity contribution in [3.8, 4) is 11.5 Å². The van der Waals surface area contributed by atoms with E-state index in [9.17, 15) is 14.7 Å². The Morgan fingerprint density at radius 1 is 1.32 bits per heavy atom. The Morgan fingerprint density at radius 2 is 2.08 bits per heavy atom. The zero-order valence-corrected chi connectivity index (χ0v) is 13.9. The first-order valence-corrected chi connectivity index (χ1v) is 8.20. The van der Waals surface area contributed by atoms with E-state index in [2.05, 4.69) is 10.3 Å². The van der Waals surface area contributed by atoms with Gasteiger partial charge in [0.2, 0.25) is 5.89 Å². The number of carboxylic acids is 1. The van der Waals surface area contributed by atoms with Gasteiger partial charge >= 0.3 is 5.97 Å². The molecule has 1 aromatic carbocycles. The lowest BCUT2D eigenvalue weighted by Crippen LogP contribution is -2.48. The van der Waals surface area contributed by atoms with Crippen LogP contribution in [-0.2, 0) is 9.53 Å². The fraction of sp³-hybridized carbons (Fsp3) is 0.389. The summed E-state index contributed by atoms with van der Waals surface area (Å²) in [7, 11) is 0. The summed E-state index contributed by atoms with van der Waals surface area (Å²) in [6.45, 7) is 2.58. The maximum absolute atomic E-state index is 12.5. The monoisotopic (exact) mass is 344 g/mol. The molecule has 132 valence electrons. The molecule has 1 aromatic heterocycles. The van der Waals surface area contributed by atoms with E-state index in [4.69, 9.17) is 9.15 Å². The predicted molar refractivity (Wildman–Crippen MR) is 89.1 cm³/mol. The molecule has 0 spiro atoms. The molecule has 0 aliphatic carbocycles. The number of carbonyl (C=O) groups excluding carboxylic acids is 1. The van der Waals surface area contributed by atoms with Gasteiger partial charge in [0.1, 0.15) is 11.8 Å². The lowest BCUT2D eigenvalue weighted by atomic mass is 9.93. The average molecular weight is 344 g/mol. The summed E-state index contributed by atoms with van der Waals surface area (Å²) in [5.41, 5.74) is 0.849. The number of carbonyl (C=O) groups is 2. The number of oxazole rings is 1. The molecule has 1 amide bonds. The molecule has 2 unspecified atom stereocenters. The zero-order valence-electron chi connectivity index (χ0n) is 13.9. The number of hydrogen-bond donors (Lipinski definition) is 2. The van der Waals surface area contributed by atoms with Crippen molar-refractivity contribution < 1.29 is 23.8 Å². The Bertz CT molecular complexity index is 750. The predicted octanol–water partition coefficient (Wildman–Crippen LogP) is 2.26. The van der Waals surface area contributed by atoms with E-state index in [1.54, 1.807) is 6.92 Å². The third-order valence-electron chi connectivity index (χ3n) is 4.25. The molecule has 2 aromatic rings. The van der Waals surface area contributed by atoms with Crippen molar-refractivity contribution in [1.82, 2.24) is 10.3 Å². The van der Waals surface area contributed by atoms with Crippen LogP contribution in [0.1, 0.15) is 29.1 Å². The van der Waals surface area contributed by atoms with Crippen molar-refractivity contribution in [1.29, 1.82) is 0 Å². The van der Waals surface area contributed by atoms with E-state index in [1.807, 2.05) is 30.3 Å². The SMILES string of the molecule is Cc1oc(-c2ccccc2)nc1C(=O)NC(C(=O)O)C1CCCOC1. The van der Waals surface area contributed by atoms with Gasteiger partial charge < -0.3 is 19.6 Å². The van der Waals surface area contributed by atoms with Gasteiger partial charge in [-0.2, -0.15) is 0 Å². The summed E-state index contributed by atoms with van der Waals surface area (Å²) in [5.74, 6) is -1.21. The van der Waals surface area contributed by atoms with E-state index in [-0.39, 0.29) is 11.6 Å². The van der Waals surface area contributed by atoms with Gasteiger partial charge in [-0.15, -0.1) is 0 Å². The number of aliphatic carboxylic acids is 1. The highest BCUT2D eigenvalue weighted by molar-refractivity contribution is 5.96. The second-order valence-corrected chi connectivity index (χ2v) is 6.06. The standard InChI is InChI=1S/C18H20N2O5/c1-11-14(20-17(25-11)12-6-3-2-4-7-12)16(21)19-15(18(22)23)13-8-5-9-24-10-13/h2-4,6-7,13,15H,5,8-10H2,1H3,(H,19,21)(H,22,23). The molecule has 2 atom stereocenters. The van der Waals surface area contributed by atoms with Crippen LogP contribution in [0.4, 0.5) is 0 Å². The van der Waals surface area contributed by atoms with Gasteiger partial charge in [-0.05, 0) is 31.9 Å². The van der Waals surface area contributed by atoms with Crippen molar-refractivity contribution in [2.24, 2.45) is 5.92 Å². The number of carboxylic acid groups (broad SMARTS) is 1. The minimum atomic E-state index is -1.08. The first-order valence-electron chi connectivity index (χ1n) is 8.20. The number of benzene rings is 1. The molecular formula is C18H20N2O5. The molecule has 0 bridgehead atoms. The lowest BCUT2D eigenvalue weighted by molar-refractivity contribution is -0.142. The van der Waals surface area contributed by atoms with Crippen LogP contribution in [0.15, 0.2) is 34.7 Å². The highest BCUT2D eigenvalue weighted by atomic mass is 16.5. The second-order valence-electron chi connectivity index (χ2n) is 6.06. The van der Waals surface area contributed by atoms with Gasteiger partial charge in [-0.25, -0.2) is 9.78 Å². The molecule has 0 saturated carbocycles. The quantitative estimate of drug-likeness (QED) is 0.863. The molecule has 1 saturated heterocycles. The van der Waals surface area contributed by atoms with Crippen LogP contribution in [0.25, 0.3) is 11.5 Å². The van der Waals surface area contributed by atoms with Gasteiger partial charge in [0.15, 0.2) is 5.69 Å². The Morgan fingerprint density at radius 3 is 2.72 bits per heavy atom. The Kier molecular flexibility index (Phi) is 5.14. The van der Waals surface area contributed by atoms with E-state index < -0.39 is 17.9 Å². The van der Waals surface area contributed by atoms with Crippen LogP contribution in [0, 0.1) is 12.8 Å². The van der Waals surface area contributed by atoms with E-state index >= 15 is 0 Å². The van der Waals surface area contributed by atoms with Crippen LogP contribution in [0.5, 0.6) is 0 Å². The average Bonchev–Trinajstić information content (AvgIpc) is 3.02. The third-order valence-corrected chi connectivity index (χ3v) is 4.25. The first kappa shape index (κ1) is 17.2. The fourth-order valence-corrected chi connectivity index (χ4v) is 2.93. The molecule has 1 fully saturated rings. The Hall–Kier alpha value is -2.67. The van der Waals surface area contributed by atoms with E-state index in [0.717, 1.165) is 12.0 Å². The number of hydrogen-bond acceptors (Lipinski definition) is 5. The molecule has 25 heavy (non-hydrogen) atoms. The van der Waals surface area contributed by atoms with Crippen molar-refractivity contribution in [3.63, 3.8) is 0 Å². The molecule has 1 aliphatic heterocycles. The van der Waals surface area contributed by atoms with Gasteiger partial charge in [0, 0.05) is 18.1 Å². The molecule has 0 radical (unpaired) electrons. The minimum absolute atomic E-state index is 0.0989. The van der Waals surface area contributed by atoms with Gasteiger partial charge in [-0.3, -0.25) is 4.79 Å². The number of nitrogens with zero attached hydrogens (tertiary/aromatic N) is 1. The van der Waals surface area contributed by atoms with E-state index in [1.165, 1.54) is 0 Å². The number of amides is 1. The van der Waals surface area contributed by atoms with Crippen LogP contribution in [0.3, 0.4) is 0 Å². The van der Waals surface area contributed by atoms with Gasteiger partial charge in [-0.1, -0.05) is 18.2 Å². The first-order chi connectivity index (χ1) is 12.1. The van der Waals surface area contributed by atoms with Gasteiger partial charge in [0.05, 0.1) is 6.61 Å². The maximum atomic E-state index is 12.5. The highest BCUT2D eigenvalue weighted by Crippen LogP contribution is 2.22. The van der Waals surface area contributed by atoms with Crippen LogP contribution >= 0.6 is 0 Å². The van der Waals surface area contributed by atoms with Gasteiger partial charge in [0.25, 0.3) is 5.91 Å². The smallest absolute Gasteiger partial charge is 0.326 e. The zero-order chi connectivity index (χ0) is 17.8. The minimum Gasteiger partial charge on any atom is -0.480 e. The van der Waals surface area contributed by atoms with Crippen molar-refractivity contribution in [3.05, 3.63) is 41.8 Å². The summed E-state index contributed by atoms with van der Waals surface area (Å²) in [5, 5.41) is 12.0. The molecule has 7 heteroatoms. The number of aromatic nitrogens is 1. The summed E-state index contributed by atoms with van der Waals surface area (Å²) < 4.78 is 10.9. The normalized spacial score (nSPS) is 18.5.